The van der Waals surface area contributed by atoms with E-state index in [0.29, 0.717) is 18.7 Å². The molecular formula is C17H21NO4. The maximum absolute atomic E-state index is 12.5. The molecule has 1 aliphatic carbocycles. The number of benzene rings is 1. The van der Waals surface area contributed by atoms with E-state index in [9.17, 15) is 9.59 Å². The lowest BCUT2D eigenvalue weighted by atomic mass is 10.1. The summed E-state index contributed by atoms with van der Waals surface area (Å²) in [5.74, 6) is -0.403. The Balaban J connectivity index is 1.62. The Kier molecular flexibility index (Phi) is 4.43. The number of carboxylic acids is 1. The summed E-state index contributed by atoms with van der Waals surface area (Å²) < 4.78 is 5.90. The van der Waals surface area contributed by atoms with Gasteiger partial charge in [-0.1, -0.05) is 6.07 Å². The Morgan fingerprint density at radius 3 is 2.73 bits per heavy atom. The Morgan fingerprint density at radius 2 is 2.00 bits per heavy atom. The van der Waals surface area contributed by atoms with Gasteiger partial charge in [-0.3, -0.25) is 4.79 Å². The molecule has 1 aromatic rings. The summed E-state index contributed by atoms with van der Waals surface area (Å²) in [6.07, 6.45) is 4.56. The second-order valence-corrected chi connectivity index (χ2v) is 6.18. The van der Waals surface area contributed by atoms with Gasteiger partial charge in [-0.15, -0.1) is 0 Å². The molecule has 2 aliphatic rings. The van der Waals surface area contributed by atoms with E-state index >= 15 is 0 Å². The molecule has 1 saturated carbocycles. The number of likely N-dealkylation sites (tertiary alicyclic amines) is 1. The Morgan fingerprint density at radius 1 is 1.23 bits per heavy atom. The Hall–Kier alpha value is -1.88. The predicted molar refractivity (Wildman–Crippen MR) is 81.0 cm³/mol. The van der Waals surface area contributed by atoms with Gasteiger partial charge in [-0.2, -0.15) is 0 Å². The van der Waals surface area contributed by atoms with E-state index in [4.69, 9.17) is 9.84 Å². The van der Waals surface area contributed by atoms with Crippen molar-refractivity contribution in [3.05, 3.63) is 35.4 Å². The fourth-order valence-electron chi connectivity index (χ4n) is 2.78. The number of ether oxygens (including phenoxy) is 1. The third-order valence-electron chi connectivity index (χ3n) is 4.29. The van der Waals surface area contributed by atoms with Crippen molar-refractivity contribution in [3.8, 4) is 0 Å². The number of aromatic carboxylic acids is 1. The molecule has 1 heterocycles. The maximum Gasteiger partial charge on any atom is 0.335 e. The minimum absolute atomic E-state index is 0.108. The van der Waals surface area contributed by atoms with Gasteiger partial charge in [0.15, 0.2) is 0 Å². The average Bonchev–Trinajstić information content (AvgIpc) is 3.37. The molecule has 0 aromatic heterocycles. The van der Waals surface area contributed by atoms with Gasteiger partial charge in [-0.25, -0.2) is 4.79 Å². The van der Waals surface area contributed by atoms with Crippen LogP contribution in [0.3, 0.4) is 0 Å². The molecule has 1 aromatic carbocycles. The van der Waals surface area contributed by atoms with Crippen molar-refractivity contribution < 1.29 is 19.4 Å². The van der Waals surface area contributed by atoms with Gasteiger partial charge in [0.05, 0.1) is 11.7 Å². The highest BCUT2D eigenvalue weighted by Crippen LogP contribution is 2.30. The lowest BCUT2D eigenvalue weighted by molar-refractivity contribution is -0.00242. The molecular weight excluding hydrogens is 282 g/mol. The van der Waals surface area contributed by atoms with E-state index in [1.165, 1.54) is 25.0 Å². The number of carboxylic acid groups (broad SMARTS) is 1. The Labute approximate surface area is 129 Å². The fourth-order valence-corrected chi connectivity index (χ4v) is 2.78. The number of carbonyl (C=O) groups excluding carboxylic acids is 1. The summed E-state index contributed by atoms with van der Waals surface area (Å²) in [6, 6.07) is 6.22. The molecule has 5 nitrogen and oxygen atoms in total. The van der Waals surface area contributed by atoms with Gasteiger partial charge in [0.1, 0.15) is 0 Å². The fraction of sp³-hybridized carbons (Fsp3) is 0.529. The zero-order chi connectivity index (χ0) is 15.5. The van der Waals surface area contributed by atoms with Crippen molar-refractivity contribution in [2.75, 3.05) is 19.7 Å². The molecule has 1 saturated heterocycles. The van der Waals surface area contributed by atoms with Crippen molar-refractivity contribution >= 4 is 11.9 Å². The number of hydrogen-bond donors (Lipinski definition) is 1. The van der Waals surface area contributed by atoms with E-state index in [1.807, 2.05) is 0 Å². The van der Waals surface area contributed by atoms with Gasteiger partial charge >= 0.3 is 5.97 Å². The SMILES string of the molecule is O=C(O)c1cccc(C(=O)N2CCCC(OCC3CC3)C2)c1. The number of nitrogens with zero attached hydrogens (tertiary/aromatic N) is 1. The molecule has 1 unspecified atom stereocenters. The van der Waals surface area contributed by atoms with E-state index < -0.39 is 5.97 Å². The van der Waals surface area contributed by atoms with Gasteiger partial charge in [-0.05, 0) is 49.8 Å². The quantitative estimate of drug-likeness (QED) is 0.907. The largest absolute Gasteiger partial charge is 0.478 e. The first kappa shape index (κ1) is 15.0. The highest BCUT2D eigenvalue weighted by Gasteiger charge is 2.28. The first-order valence-corrected chi connectivity index (χ1v) is 7.87. The summed E-state index contributed by atoms with van der Waals surface area (Å²) >= 11 is 0. The highest BCUT2D eigenvalue weighted by molar-refractivity contribution is 5.97. The zero-order valence-corrected chi connectivity index (χ0v) is 12.5. The van der Waals surface area contributed by atoms with Crippen molar-refractivity contribution in [3.63, 3.8) is 0 Å². The van der Waals surface area contributed by atoms with Crippen LogP contribution < -0.4 is 0 Å². The first-order valence-electron chi connectivity index (χ1n) is 7.87. The summed E-state index contributed by atoms with van der Waals surface area (Å²) in [5.41, 5.74) is 0.576. The molecule has 2 fully saturated rings. The minimum atomic E-state index is -1.01. The minimum Gasteiger partial charge on any atom is -0.478 e. The maximum atomic E-state index is 12.5. The van der Waals surface area contributed by atoms with Crippen LogP contribution in [0.5, 0.6) is 0 Å². The molecule has 1 N–H and O–H groups in total. The molecule has 1 atom stereocenters. The van der Waals surface area contributed by atoms with Crippen molar-refractivity contribution in [1.82, 2.24) is 4.90 Å². The normalized spacial score (nSPS) is 21.6. The summed E-state index contributed by atoms with van der Waals surface area (Å²) in [4.78, 5) is 25.3. The van der Waals surface area contributed by atoms with Crippen LogP contribution in [0.2, 0.25) is 0 Å². The van der Waals surface area contributed by atoms with Crippen LogP contribution in [-0.4, -0.2) is 47.7 Å². The van der Waals surface area contributed by atoms with Gasteiger partial charge in [0, 0.05) is 25.3 Å². The number of rotatable bonds is 5. The molecule has 0 bridgehead atoms. The van der Waals surface area contributed by atoms with Crippen molar-refractivity contribution in [1.29, 1.82) is 0 Å². The molecule has 0 radical (unpaired) electrons. The Bertz CT molecular complexity index is 568. The molecule has 22 heavy (non-hydrogen) atoms. The van der Waals surface area contributed by atoms with Crippen molar-refractivity contribution in [2.24, 2.45) is 5.92 Å². The predicted octanol–water partition coefficient (Wildman–Crippen LogP) is 2.42. The average molecular weight is 303 g/mol. The third-order valence-corrected chi connectivity index (χ3v) is 4.29. The zero-order valence-electron chi connectivity index (χ0n) is 12.5. The molecule has 118 valence electrons. The second kappa shape index (κ2) is 6.48. The smallest absolute Gasteiger partial charge is 0.335 e. The number of hydrogen-bond acceptors (Lipinski definition) is 3. The van der Waals surface area contributed by atoms with Crippen LogP contribution >= 0.6 is 0 Å². The molecule has 3 rings (SSSR count). The number of carbonyl (C=O) groups is 2. The van der Waals surface area contributed by atoms with Crippen LogP contribution in [0, 0.1) is 5.92 Å². The highest BCUT2D eigenvalue weighted by atomic mass is 16.5. The molecule has 5 heteroatoms. The standard InChI is InChI=1S/C17H21NO4/c19-16(13-3-1-4-14(9-13)17(20)21)18-8-2-5-15(10-18)22-11-12-6-7-12/h1,3-4,9,12,15H,2,5-8,10-11H2,(H,20,21). The summed E-state index contributed by atoms with van der Waals surface area (Å²) in [7, 11) is 0. The molecule has 0 spiro atoms. The number of piperidine rings is 1. The third kappa shape index (κ3) is 3.65. The van der Waals surface area contributed by atoms with E-state index in [0.717, 1.165) is 25.4 Å². The molecule has 1 amide bonds. The lowest BCUT2D eigenvalue weighted by Crippen LogP contribution is -2.43. The second-order valence-electron chi connectivity index (χ2n) is 6.18. The van der Waals surface area contributed by atoms with Crippen LogP contribution in [0.4, 0.5) is 0 Å². The van der Waals surface area contributed by atoms with E-state index in [1.54, 1.807) is 17.0 Å². The van der Waals surface area contributed by atoms with Crippen LogP contribution in [0.1, 0.15) is 46.4 Å². The van der Waals surface area contributed by atoms with Gasteiger partial charge in [0.25, 0.3) is 5.91 Å². The van der Waals surface area contributed by atoms with Gasteiger partial charge in [0.2, 0.25) is 0 Å². The summed E-state index contributed by atoms with van der Waals surface area (Å²) in [5, 5.41) is 9.03. The lowest BCUT2D eigenvalue weighted by Gasteiger charge is -2.32. The van der Waals surface area contributed by atoms with E-state index in [2.05, 4.69) is 0 Å². The van der Waals surface area contributed by atoms with Crippen LogP contribution in [0.15, 0.2) is 24.3 Å². The monoisotopic (exact) mass is 303 g/mol. The van der Waals surface area contributed by atoms with Gasteiger partial charge < -0.3 is 14.7 Å². The van der Waals surface area contributed by atoms with Crippen LogP contribution in [0.25, 0.3) is 0 Å². The first-order chi connectivity index (χ1) is 10.6. The molecule has 1 aliphatic heterocycles. The van der Waals surface area contributed by atoms with E-state index in [-0.39, 0.29) is 17.6 Å². The van der Waals surface area contributed by atoms with Crippen molar-refractivity contribution in [2.45, 2.75) is 31.8 Å². The topological polar surface area (TPSA) is 66.8 Å². The number of amides is 1. The summed E-state index contributed by atoms with van der Waals surface area (Å²) in [6.45, 7) is 2.11. The van der Waals surface area contributed by atoms with Crippen LogP contribution in [-0.2, 0) is 4.74 Å².